The second kappa shape index (κ2) is 22.2. The summed E-state index contributed by atoms with van der Waals surface area (Å²) in [5.41, 5.74) is -2.16. The average Bonchev–Trinajstić information content (AvgIpc) is 3.17. The van der Waals surface area contributed by atoms with Crippen LogP contribution in [0.4, 0.5) is 26.3 Å². The predicted octanol–water partition coefficient (Wildman–Crippen LogP) is 13.0. The van der Waals surface area contributed by atoms with Crippen LogP contribution in [0.25, 0.3) is 0 Å². The average molecular weight is 1090 g/mol. The molecule has 0 bridgehead atoms. The zero-order chi connectivity index (χ0) is 55.1. The van der Waals surface area contributed by atoms with E-state index in [2.05, 4.69) is 0 Å². The minimum atomic E-state index is -5.29. The summed E-state index contributed by atoms with van der Waals surface area (Å²) < 4.78 is 124. The van der Waals surface area contributed by atoms with E-state index >= 15 is 26.3 Å². The van der Waals surface area contributed by atoms with Crippen LogP contribution in [0.2, 0.25) is 0 Å². The fraction of sp³-hybridized carbons (Fsp3) is 0.0968. The van der Waals surface area contributed by atoms with Gasteiger partial charge in [-0.1, -0.05) is 0 Å². The van der Waals surface area contributed by atoms with Gasteiger partial charge in [-0.05, 0) is 0 Å². The molecule has 9 aromatic rings. The SMILES string of the molecule is COC(=O)c1ccccc1CP(OB(Oc1cc(C(F)(F)F)cc(C(F)(F)F)c1)OP(Cc1ccccc1C(=O)OC)(c1ccccc1)(c1ccccc1)c1ccccc1)(c1ccccc1)(c1ccccc1)c1ccccc1. The molecule has 0 unspecified atom stereocenters. The van der Waals surface area contributed by atoms with Crippen molar-refractivity contribution in [2.24, 2.45) is 0 Å². The molecule has 0 heterocycles. The first kappa shape index (κ1) is 54.9. The van der Waals surface area contributed by atoms with Crippen LogP contribution >= 0.6 is 13.7 Å². The van der Waals surface area contributed by atoms with E-state index in [1.54, 1.807) is 158 Å². The van der Waals surface area contributed by atoms with Gasteiger partial charge in [0, 0.05) is 0 Å². The molecule has 7 nitrogen and oxygen atoms in total. The topological polar surface area (TPSA) is 80.3 Å². The van der Waals surface area contributed by atoms with Gasteiger partial charge < -0.3 is 0 Å². The van der Waals surface area contributed by atoms with E-state index in [9.17, 15) is 9.59 Å². The van der Waals surface area contributed by atoms with Crippen LogP contribution < -0.4 is 36.5 Å². The first-order chi connectivity index (χ1) is 37.5. The molecule has 396 valence electrons. The van der Waals surface area contributed by atoms with E-state index in [4.69, 9.17) is 23.0 Å². The van der Waals surface area contributed by atoms with Gasteiger partial charge in [0.2, 0.25) is 0 Å². The third kappa shape index (κ3) is 10.1. The van der Waals surface area contributed by atoms with Crippen LogP contribution in [0.15, 0.2) is 249 Å². The molecule has 0 N–H and O–H groups in total. The summed E-state index contributed by atoms with van der Waals surface area (Å²) in [6, 6.07) is 68.8. The van der Waals surface area contributed by atoms with Crippen molar-refractivity contribution >= 4 is 64.7 Å². The maximum absolute atomic E-state index is 15.1. The van der Waals surface area contributed by atoms with E-state index < -0.39 is 62.1 Å². The number of carbonyl (C=O) groups is 2. The van der Waals surface area contributed by atoms with Crippen LogP contribution in [0.3, 0.4) is 0 Å². The number of ether oxygens (including phenoxy) is 2. The van der Waals surface area contributed by atoms with E-state index in [0.29, 0.717) is 55.1 Å². The summed E-state index contributed by atoms with van der Waals surface area (Å²) >= 11 is 0. The van der Waals surface area contributed by atoms with Crippen molar-refractivity contribution in [2.45, 2.75) is 24.7 Å². The zero-order valence-corrected chi connectivity index (χ0v) is 44.0. The molecular formula is C62H51BF6O7P2. The quantitative estimate of drug-likeness (QED) is 0.0366. The standard InChI is InChI=1S/C62H51BF6O7P2/c1-72-59(70)57-39-23-21-25-46(57)44-77(51-27-9-3-10-28-51,52-29-11-4-12-30-52,53-31-13-5-14-32-53)75-63(74-50-42-48(61(64,65)66)41-49(43-50)62(67,68)69)76-78(54-33-15-6-16-34-54,55-35-17-7-18-36-55,56-37-19-8-20-38-56)45-47-26-22-24-40-58(47)60(71)73-2/h3-43H,44-45H2,1-2H3. The number of methoxy groups -OCH3 is 2. The van der Waals surface area contributed by atoms with Gasteiger partial charge in [-0.15, -0.1) is 0 Å². The van der Waals surface area contributed by atoms with Gasteiger partial charge >= 0.3 is 450 Å². The van der Waals surface area contributed by atoms with Gasteiger partial charge in [0.15, 0.2) is 0 Å². The van der Waals surface area contributed by atoms with E-state index in [0.717, 1.165) is 0 Å². The Bertz CT molecular complexity index is 3100. The number of esters is 2. The Kier molecular flexibility index (Phi) is 15.7. The Morgan fingerprint density at radius 2 is 0.641 bits per heavy atom. The maximum atomic E-state index is 15.1. The van der Waals surface area contributed by atoms with Crippen LogP contribution in [0.5, 0.6) is 5.75 Å². The number of halogens is 6. The number of benzene rings is 9. The molecule has 0 aromatic heterocycles. The Labute approximate surface area is 448 Å². The van der Waals surface area contributed by atoms with Gasteiger partial charge in [-0.25, -0.2) is 0 Å². The summed E-state index contributed by atoms with van der Waals surface area (Å²) in [6.07, 6.45) is -10.9. The van der Waals surface area contributed by atoms with Crippen LogP contribution in [0.1, 0.15) is 43.0 Å². The predicted molar refractivity (Wildman–Crippen MR) is 298 cm³/mol. The van der Waals surface area contributed by atoms with Gasteiger partial charge in [0.05, 0.1) is 0 Å². The Morgan fingerprint density at radius 3 is 0.897 bits per heavy atom. The van der Waals surface area contributed by atoms with E-state index in [-0.39, 0.29) is 29.5 Å². The molecule has 0 saturated heterocycles. The first-order valence-corrected chi connectivity index (χ1v) is 29.3. The fourth-order valence-electron chi connectivity index (χ4n) is 10.5. The minimum absolute atomic E-state index is 0.0207. The van der Waals surface area contributed by atoms with Crippen molar-refractivity contribution in [1.29, 1.82) is 0 Å². The second-order valence-electron chi connectivity index (χ2n) is 18.4. The van der Waals surface area contributed by atoms with Gasteiger partial charge in [0.25, 0.3) is 0 Å². The molecule has 0 amide bonds. The molecule has 0 radical (unpaired) electrons. The van der Waals surface area contributed by atoms with Crippen LogP contribution in [-0.4, -0.2) is 33.5 Å². The third-order valence-electron chi connectivity index (χ3n) is 14.0. The first-order valence-electron chi connectivity index (χ1n) is 24.6. The molecule has 0 aliphatic rings. The molecule has 0 fully saturated rings. The van der Waals surface area contributed by atoms with Crippen LogP contribution in [0, 0.1) is 0 Å². The molecule has 0 atom stereocenters. The Morgan fingerprint density at radius 1 is 0.385 bits per heavy atom. The Hall–Kier alpha value is -7.86. The van der Waals surface area contributed by atoms with E-state index in [1.165, 1.54) is 14.2 Å². The third-order valence-corrected chi connectivity index (χ3v) is 25.5. The summed E-state index contributed by atoms with van der Waals surface area (Å²) in [5.74, 6) is -2.27. The normalized spacial score (nSPS) is 13.0. The number of hydrogen-bond donors (Lipinski definition) is 0. The summed E-state index contributed by atoms with van der Waals surface area (Å²) in [7, 11) is 0.185. The van der Waals surface area contributed by atoms with Crippen molar-refractivity contribution in [3.8, 4) is 5.75 Å². The fourth-order valence-corrected chi connectivity index (χ4v) is 21.9. The van der Waals surface area contributed by atoms with Crippen molar-refractivity contribution in [3.05, 3.63) is 282 Å². The van der Waals surface area contributed by atoms with Crippen molar-refractivity contribution < 1.29 is 58.9 Å². The molecule has 9 aromatic carbocycles. The van der Waals surface area contributed by atoms with Crippen molar-refractivity contribution in [2.75, 3.05) is 14.2 Å². The second-order valence-corrected chi connectivity index (χ2v) is 27.4. The molecule has 0 spiro atoms. The van der Waals surface area contributed by atoms with Gasteiger partial charge in [0.1, 0.15) is 0 Å². The van der Waals surface area contributed by atoms with Crippen molar-refractivity contribution in [1.82, 2.24) is 0 Å². The summed E-state index contributed by atoms with van der Waals surface area (Å²) in [4.78, 5) is 28.0. The molecule has 9 rings (SSSR count). The Balaban J connectivity index is 1.51. The molecular weight excluding hydrogens is 1040 g/mol. The van der Waals surface area contributed by atoms with Gasteiger partial charge in [-0.2, -0.15) is 0 Å². The zero-order valence-electron chi connectivity index (χ0n) is 42.2. The van der Waals surface area contributed by atoms with E-state index in [1.807, 2.05) is 72.8 Å². The van der Waals surface area contributed by atoms with Gasteiger partial charge in [-0.3, -0.25) is 0 Å². The van der Waals surface area contributed by atoms with Crippen LogP contribution in [-0.2, 0) is 43.0 Å². The number of rotatable bonds is 18. The molecule has 78 heavy (non-hydrogen) atoms. The monoisotopic (exact) mass is 1090 g/mol. The molecule has 0 aliphatic heterocycles. The number of alkyl halides is 6. The number of carbonyl (C=O) groups excluding carboxylic acids is 2. The summed E-state index contributed by atoms with van der Waals surface area (Å²) in [5, 5.41) is 3.05. The molecule has 0 aliphatic carbocycles. The summed E-state index contributed by atoms with van der Waals surface area (Å²) in [6.45, 7) is -10.4. The van der Waals surface area contributed by atoms with Crippen molar-refractivity contribution in [3.63, 3.8) is 0 Å². The molecule has 16 heteroatoms. The molecule has 0 saturated carbocycles. The number of hydrogen-bond acceptors (Lipinski definition) is 7.